The molecule has 13 heteroatoms. The molecule has 4 N–H and O–H groups in total. The van der Waals surface area contributed by atoms with E-state index in [2.05, 4.69) is 57.5 Å². The number of ether oxygens (including phenoxy) is 4. The predicted molar refractivity (Wildman–Crippen MR) is 236 cm³/mol. The van der Waals surface area contributed by atoms with Crippen molar-refractivity contribution in [3.8, 4) is 23.0 Å². The average molecular weight is 813 g/mol. The number of hydrogen-bond acceptors (Lipinski definition) is 11. The van der Waals surface area contributed by atoms with E-state index in [0.717, 1.165) is 41.5 Å². The van der Waals surface area contributed by atoms with E-state index in [1.807, 2.05) is 54.3 Å². The van der Waals surface area contributed by atoms with Gasteiger partial charge in [0, 0.05) is 67.1 Å². The van der Waals surface area contributed by atoms with Crippen molar-refractivity contribution in [1.82, 2.24) is 5.32 Å². The molecule has 2 atom stereocenters. The van der Waals surface area contributed by atoms with Crippen LogP contribution in [0.5, 0.6) is 23.0 Å². The second-order valence-corrected chi connectivity index (χ2v) is 15.0. The van der Waals surface area contributed by atoms with Gasteiger partial charge < -0.3 is 50.0 Å². The van der Waals surface area contributed by atoms with Crippen LogP contribution in [0.1, 0.15) is 49.9 Å². The maximum absolute atomic E-state index is 14.1. The molecule has 0 aliphatic carbocycles. The molecule has 0 saturated heterocycles. The molecule has 0 aromatic heterocycles. The third-order valence-electron chi connectivity index (χ3n) is 11.1. The van der Waals surface area contributed by atoms with Gasteiger partial charge in [-0.1, -0.05) is 36.4 Å². The van der Waals surface area contributed by atoms with Gasteiger partial charge in [-0.25, -0.2) is 0 Å². The number of carbonyl (C=O) groups excluding carboxylic acids is 3. The minimum absolute atomic E-state index is 0.000933. The van der Waals surface area contributed by atoms with E-state index in [9.17, 15) is 14.4 Å². The van der Waals surface area contributed by atoms with Crippen molar-refractivity contribution in [3.63, 3.8) is 0 Å². The Hall–Kier alpha value is -6.73. The Balaban J connectivity index is 1.10. The summed E-state index contributed by atoms with van der Waals surface area (Å²) in [5, 5.41) is 12.5. The van der Waals surface area contributed by atoms with Crippen LogP contribution in [-0.2, 0) is 30.8 Å². The standard InChI is InChI=1S/C47H52N6O7/c1-29-15-32-11-8-10-14-41(32)53(29)47(56)37-21-43(58-6)45(23-39(37)49-3)60-28-31-16-30(17-35(18-31)51-46(55)25-48-2)27-59-44-22-38(34(26-54)20-42(44)57-5)50-24-36-19-33-12-7-9-13-40(33)52(36)4/h7-14,16-18,20-23,26,29,36,48-50H,15,19,24-25,27-28H2,1-6H3,(H,51,55)/t29-,36?/m1/s1. The fourth-order valence-corrected chi connectivity index (χ4v) is 8.06. The Kier molecular flexibility index (Phi) is 12.7. The number of anilines is 5. The van der Waals surface area contributed by atoms with Gasteiger partial charge in [0.2, 0.25) is 5.91 Å². The van der Waals surface area contributed by atoms with Gasteiger partial charge in [0.25, 0.3) is 5.91 Å². The van der Waals surface area contributed by atoms with Crippen LogP contribution in [0.4, 0.5) is 28.4 Å². The molecule has 5 aromatic rings. The summed E-state index contributed by atoms with van der Waals surface area (Å²) in [5.74, 6) is 1.34. The second kappa shape index (κ2) is 18.5. The van der Waals surface area contributed by atoms with Crippen LogP contribution < -0.4 is 50.0 Å². The summed E-state index contributed by atoms with van der Waals surface area (Å²) in [5.41, 5.74) is 8.75. The number of nitrogens with zero attached hydrogens (tertiary/aromatic N) is 2. The molecular formula is C47H52N6O7. The van der Waals surface area contributed by atoms with E-state index in [0.29, 0.717) is 57.7 Å². The van der Waals surface area contributed by atoms with Crippen LogP contribution in [0.3, 0.4) is 0 Å². The van der Waals surface area contributed by atoms with Gasteiger partial charge in [-0.15, -0.1) is 0 Å². The summed E-state index contributed by atoms with van der Waals surface area (Å²) >= 11 is 0. The molecule has 0 saturated carbocycles. The first-order valence-electron chi connectivity index (χ1n) is 20.0. The predicted octanol–water partition coefficient (Wildman–Crippen LogP) is 6.94. The third kappa shape index (κ3) is 8.81. The Labute approximate surface area is 351 Å². The van der Waals surface area contributed by atoms with Gasteiger partial charge in [0.05, 0.1) is 38.1 Å². The molecule has 0 bridgehead atoms. The number of rotatable bonds is 17. The monoisotopic (exact) mass is 812 g/mol. The summed E-state index contributed by atoms with van der Waals surface area (Å²) in [6.45, 7) is 3.01. The van der Waals surface area contributed by atoms with Crippen LogP contribution in [0.15, 0.2) is 91.0 Å². The first-order valence-corrected chi connectivity index (χ1v) is 20.0. The molecule has 60 heavy (non-hydrogen) atoms. The van der Waals surface area contributed by atoms with Gasteiger partial charge in [-0.05, 0) is 91.5 Å². The highest BCUT2D eigenvalue weighted by molar-refractivity contribution is 6.11. The Morgan fingerprint density at radius 1 is 0.767 bits per heavy atom. The molecule has 2 aliphatic rings. The maximum atomic E-state index is 14.1. The smallest absolute Gasteiger partial charge is 0.260 e. The Morgan fingerprint density at radius 2 is 1.38 bits per heavy atom. The number of amides is 2. The van der Waals surface area contributed by atoms with E-state index in [-0.39, 0.29) is 43.7 Å². The van der Waals surface area contributed by atoms with Gasteiger partial charge in [-0.2, -0.15) is 0 Å². The van der Waals surface area contributed by atoms with Crippen molar-refractivity contribution in [2.75, 3.05) is 74.2 Å². The van der Waals surface area contributed by atoms with Gasteiger partial charge in [0.15, 0.2) is 29.3 Å². The number of carbonyl (C=O) groups is 3. The van der Waals surface area contributed by atoms with E-state index >= 15 is 0 Å². The number of para-hydroxylation sites is 2. The number of nitrogens with one attached hydrogen (secondary N) is 4. The lowest BCUT2D eigenvalue weighted by atomic mass is 10.1. The summed E-state index contributed by atoms with van der Waals surface area (Å²) in [7, 11) is 8.63. The van der Waals surface area contributed by atoms with Crippen molar-refractivity contribution in [2.45, 2.75) is 45.1 Å². The quantitative estimate of drug-likeness (QED) is 0.0726. The number of aldehydes is 1. The Bertz CT molecular complexity index is 2390. The van der Waals surface area contributed by atoms with Crippen molar-refractivity contribution < 1.29 is 33.3 Å². The second-order valence-electron chi connectivity index (χ2n) is 15.0. The van der Waals surface area contributed by atoms with Crippen LogP contribution in [0.25, 0.3) is 0 Å². The fourth-order valence-electron chi connectivity index (χ4n) is 8.06. The van der Waals surface area contributed by atoms with Crippen LogP contribution >= 0.6 is 0 Å². The molecule has 0 fully saturated rings. The van der Waals surface area contributed by atoms with E-state index in [4.69, 9.17) is 18.9 Å². The summed E-state index contributed by atoms with van der Waals surface area (Å²) in [6.07, 6.45) is 2.48. The number of methoxy groups -OCH3 is 2. The molecule has 1 unspecified atom stereocenters. The lowest BCUT2D eigenvalue weighted by Crippen LogP contribution is -2.36. The molecular weight excluding hydrogens is 761 g/mol. The largest absolute Gasteiger partial charge is 0.493 e. The lowest BCUT2D eigenvalue weighted by molar-refractivity contribution is -0.115. The summed E-state index contributed by atoms with van der Waals surface area (Å²) in [6, 6.07) is 29.1. The van der Waals surface area contributed by atoms with Gasteiger partial charge >= 0.3 is 0 Å². The fraction of sp³-hybridized carbons (Fsp3) is 0.298. The SMILES string of the molecule is CNCC(=O)Nc1cc(COc2cc(NCC3Cc4ccccc4N3C)c(C=O)cc2OC)cc(COc2cc(NC)c(C(=O)N3c4ccccc4C[C@H]3C)cc2OC)c1. The van der Waals surface area contributed by atoms with E-state index in [1.165, 1.54) is 18.4 Å². The number of fused-ring (bicyclic) bond motifs is 2. The van der Waals surface area contributed by atoms with E-state index in [1.54, 1.807) is 45.5 Å². The number of likely N-dealkylation sites (N-methyl/N-ethyl adjacent to an activating group) is 2. The third-order valence-corrected chi connectivity index (χ3v) is 11.1. The highest BCUT2D eigenvalue weighted by Crippen LogP contribution is 2.39. The molecule has 0 spiro atoms. The molecule has 13 nitrogen and oxygen atoms in total. The lowest BCUT2D eigenvalue weighted by Gasteiger charge is -2.25. The topological polar surface area (TPSA) is 143 Å². The van der Waals surface area contributed by atoms with Crippen molar-refractivity contribution in [2.24, 2.45) is 0 Å². The zero-order chi connectivity index (χ0) is 42.3. The molecule has 2 aliphatic heterocycles. The zero-order valence-electron chi connectivity index (χ0n) is 34.9. The number of benzene rings is 5. The Morgan fingerprint density at radius 3 is 2.00 bits per heavy atom. The minimum Gasteiger partial charge on any atom is -0.493 e. The zero-order valence-corrected chi connectivity index (χ0v) is 34.9. The minimum atomic E-state index is -0.212. The van der Waals surface area contributed by atoms with Crippen LogP contribution in [-0.4, -0.2) is 78.6 Å². The molecule has 2 heterocycles. The molecule has 2 amide bonds. The summed E-state index contributed by atoms with van der Waals surface area (Å²) in [4.78, 5) is 43.1. The molecule has 0 radical (unpaired) electrons. The molecule has 312 valence electrons. The first kappa shape index (κ1) is 41.4. The highest BCUT2D eigenvalue weighted by atomic mass is 16.5. The van der Waals surface area contributed by atoms with Crippen LogP contribution in [0, 0.1) is 0 Å². The highest BCUT2D eigenvalue weighted by Gasteiger charge is 2.33. The molecule has 5 aromatic carbocycles. The van der Waals surface area contributed by atoms with Gasteiger partial charge in [0.1, 0.15) is 13.2 Å². The van der Waals surface area contributed by atoms with E-state index < -0.39 is 0 Å². The number of hydrogen-bond donors (Lipinski definition) is 4. The average Bonchev–Trinajstić information content (AvgIpc) is 3.77. The summed E-state index contributed by atoms with van der Waals surface area (Å²) < 4.78 is 24.2. The van der Waals surface area contributed by atoms with Crippen molar-refractivity contribution >= 4 is 46.5 Å². The van der Waals surface area contributed by atoms with Crippen LogP contribution in [0.2, 0.25) is 0 Å². The first-order chi connectivity index (χ1) is 29.1. The molecule has 7 rings (SSSR count). The maximum Gasteiger partial charge on any atom is 0.260 e. The van der Waals surface area contributed by atoms with Crippen molar-refractivity contribution in [3.05, 3.63) is 124 Å². The normalized spacial score (nSPS) is 15.2. The van der Waals surface area contributed by atoms with Crippen molar-refractivity contribution in [1.29, 1.82) is 0 Å². The van der Waals surface area contributed by atoms with Gasteiger partial charge in [-0.3, -0.25) is 14.4 Å².